The van der Waals surface area contributed by atoms with Crippen molar-refractivity contribution in [1.29, 1.82) is 0 Å². The minimum absolute atomic E-state index is 0.132. The van der Waals surface area contributed by atoms with Gasteiger partial charge in [-0.05, 0) is 26.0 Å². The number of anilines is 1. The van der Waals surface area contributed by atoms with E-state index in [1.165, 1.54) is 12.1 Å². The van der Waals surface area contributed by atoms with E-state index in [1.54, 1.807) is 0 Å². The van der Waals surface area contributed by atoms with Gasteiger partial charge in [0.05, 0.1) is 6.04 Å². The van der Waals surface area contributed by atoms with Crippen LogP contribution in [0.2, 0.25) is 0 Å². The summed E-state index contributed by atoms with van der Waals surface area (Å²) in [5.74, 6) is -0.515. The summed E-state index contributed by atoms with van der Waals surface area (Å²) in [6, 6.07) is 3.59. The van der Waals surface area contributed by atoms with Gasteiger partial charge in [0, 0.05) is 13.1 Å². The maximum absolute atomic E-state index is 12.7. The van der Waals surface area contributed by atoms with Crippen LogP contribution in [0.4, 0.5) is 19.0 Å². The summed E-state index contributed by atoms with van der Waals surface area (Å²) in [6.45, 7) is 4.87. The van der Waals surface area contributed by atoms with Gasteiger partial charge in [0.2, 0.25) is 0 Å². The van der Waals surface area contributed by atoms with Gasteiger partial charge in [0.1, 0.15) is 23.7 Å². The summed E-state index contributed by atoms with van der Waals surface area (Å²) in [5.41, 5.74) is -0.915. The normalized spacial score (nSPS) is 30.9. The lowest BCUT2D eigenvalue weighted by Gasteiger charge is -2.32. The standard InChI is InChI=1S/C14H18F3N3O2/c1-13(2)21-9-7-18-6-8(12(9)22-13)19-11-5-3-4-10(20-11)14(15,16)17/h3-5,8-9,12,18H,6-7H2,1-2H3,(H,19,20)/t8-,9-,12+/m0/s1. The Kier molecular flexibility index (Phi) is 3.78. The smallest absolute Gasteiger partial charge is 0.363 e. The number of nitrogens with zero attached hydrogens (tertiary/aromatic N) is 1. The topological polar surface area (TPSA) is 55.4 Å². The van der Waals surface area contributed by atoms with Gasteiger partial charge < -0.3 is 20.1 Å². The maximum atomic E-state index is 12.7. The van der Waals surface area contributed by atoms with Crippen LogP contribution in [0.3, 0.4) is 0 Å². The molecule has 122 valence electrons. The fourth-order valence-electron chi connectivity index (χ4n) is 2.86. The molecule has 0 radical (unpaired) electrons. The third-order valence-corrected chi connectivity index (χ3v) is 3.70. The molecule has 2 aliphatic rings. The first-order valence-corrected chi connectivity index (χ1v) is 7.12. The number of pyridine rings is 1. The number of alkyl halides is 3. The van der Waals surface area contributed by atoms with Gasteiger partial charge in [-0.25, -0.2) is 4.98 Å². The summed E-state index contributed by atoms with van der Waals surface area (Å²) < 4.78 is 49.8. The van der Waals surface area contributed by atoms with Gasteiger partial charge in [-0.1, -0.05) is 6.07 Å². The molecule has 3 heterocycles. The summed E-state index contributed by atoms with van der Waals surface area (Å²) in [7, 11) is 0. The average molecular weight is 317 g/mol. The van der Waals surface area contributed by atoms with E-state index < -0.39 is 17.7 Å². The molecule has 0 aliphatic carbocycles. The summed E-state index contributed by atoms with van der Waals surface area (Å²) in [5, 5.41) is 6.22. The van der Waals surface area contributed by atoms with Crippen LogP contribution in [-0.2, 0) is 15.7 Å². The first-order valence-electron chi connectivity index (χ1n) is 7.12. The quantitative estimate of drug-likeness (QED) is 0.874. The monoisotopic (exact) mass is 317 g/mol. The van der Waals surface area contributed by atoms with E-state index in [-0.39, 0.29) is 24.1 Å². The molecule has 8 heteroatoms. The zero-order valence-corrected chi connectivity index (χ0v) is 12.3. The highest BCUT2D eigenvalue weighted by atomic mass is 19.4. The van der Waals surface area contributed by atoms with Crippen molar-refractivity contribution < 1.29 is 22.6 Å². The van der Waals surface area contributed by atoms with Gasteiger partial charge in [-0.15, -0.1) is 0 Å². The predicted octanol–water partition coefficient (Wildman–Crippen LogP) is 2.00. The van der Waals surface area contributed by atoms with E-state index >= 15 is 0 Å². The minimum atomic E-state index is -4.46. The van der Waals surface area contributed by atoms with E-state index in [1.807, 2.05) is 13.8 Å². The molecule has 1 aromatic heterocycles. The number of hydrogen-bond donors (Lipinski definition) is 2. The molecule has 0 amide bonds. The van der Waals surface area contributed by atoms with Crippen LogP contribution in [0, 0.1) is 0 Å². The van der Waals surface area contributed by atoms with Crippen LogP contribution in [0.1, 0.15) is 19.5 Å². The first kappa shape index (κ1) is 15.5. The number of hydrogen-bond acceptors (Lipinski definition) is 5. The Morgan fingerprint density at radius 3 is 2.77 bits per heavy atom. The highest BCUT2D eigenvalue weighted by Crippen LogP contribution is 2.33. The SMILES string of the molecule is CC1(C)O[C@@H]2[C@@H](Nc3cccc(C(F)(F)F)n3)CNC[C@@H]2O1. The second kappa shape index (κ2) is 5.36. The van der Waals surface area contributed by atoms with Crippen molar-refractivity contribution in [3.8, 4) is 0 Å². The molecule has 2 fully saturated rings. The fourth-order valence-corrected chi connectivity index (χ4v) is 2.86. The Hall–Kier alpha value is -1.38. The van der Waals surface area contributed by atoms with E-state index in [9.17, 15) is 13.2 Å². The average Bonchev–Trinajstić information content (AvgIpc) is 2.73. The lowest BCUT2D eigenvalue weighted by atomic mass is 10.0. The summed E-state index contributed by atoms with van der Waals surface area (Å²) >= 11 is 0. The molecule has 0 bridgehead atoms. The van der Waals surface area contributed by atoms with Crippen molar-refractivity contribution in [1.82, 2.24) is 10.3 Å². The van der Waals surface area contributed by atoms with Crippen molar-refractivity contribution in [3.63, 3.8) is 0 Å². The van der Waals surface area contributed by atoms with Crippen LogP contribution in [0.25, 0.3) is 0 Å². The van der Waals surface area contributed by atoms with Crippen molar-refractivity contribution in [3.05, 3.63) is 23.9 Å². The van der Waals surface area contributed by atoms with E-state index in [0.717, 1.165) is 6.07 Å². The second-order valence-corrected chi connectivity index (χ2v) is 5.95. The molecule has 1 aromatic rings. The van der Waals surface area contributed by atoms with Crippen LogP contribution in [-0.4, -0.2) is 42.1 Å². The molecule has 2 N–H and O–H groups in total. The maximum Gasteiger partial charge on any atom is 0.433 e. The Balaban J connectivity index is 1.75. The van der Waals surface area contributed by atoms with Crippen molar-refractivity contribution in [2.24, 2.45) is 0 Å². The summed E-state index contributed by atoms with van der Waals surface area (Å²) in [4.78, 5) is 3.63. The number of nitrogens with one attached hydrogen (secondary N) is 2. The molecule has 22 heavy (non-hydrogen) atoms. The number of halogens is 3. The number of ether oxygens (including phenoxy) is 2. The Morgan fingerprint density at radius 1 is 1.27 bits per heavy atom. The van der Waals surface area contributed by atoms with E-state index in [0.29, 0.717) is 13.1 Å². The highest BCUT2D eigenvalue weighted by Gasteiger charge is 2.47. The molecule has 0 aromatic carbocycles. The number of aromatic nitrogens is 1. The zero-order chi connectivity index (χ0) is 16.0. The van der Waals surface area contributed by atoms with Crippen LogP contribution < -0.4 is 10.6 Å². The third kappa shape index (κ3) is 3.18. The van der Waals surface area contributed by atoms with Gasteiger partial charge in [0.25, 0.3) is 0 Å². The van der Waals surface area contributed by atoms with Crippen molar-refractivity contribution in [2.75, 3.05) is 18.4 Å². The molecular formula is C14H18F3N3O2. The molecule has 2 saturated heterocycles. The molecule has 0 unspecified atom stereocenters. The number of piperidine rings is 1. The van der Waals surface area contributed by atoms with Gasteiger partial charge in [-0.2, -0.15) is 13.2 Å². The highest BCUT2D eigenvalue weighted by molar-refractivity contribution is 5.38. The molecular weight excluding hydrogens is 299 g/mol. The summed E-state index contributed by atoms with van der Waals surface area (Å²) in [6.07, 6.45) is -4.82. The Labute approximate surface area is 126 Å². The van der Waals surface area contributed by atoms with Crippen molar-refractivity contribution >= 4 is 5.82 Å². The lowest BCUT2D eigenvalue weighted by Crippen LogP contribution is -2.55. The van der Waals surface area contributed by atoms with Crippen LogP contribution in [0.5, 0.6) is 0 Å². The predicted molar refractivity (Wildman–Crippen MR) is 73.3 cm³/mol. The number of rotatable bonds is 2. The minimum Gasteiger partial charge on any atom is -0.363 e. The lowest BCUT2D eigenvalue weighted by molar-refractivity contribution is -0.145. The largest absolute Gasteiger partial charge is 0.433 e. The molecule has 0 saturated carbocycles. The molecule has 3 atom stereocenters. The molecule has 5 nitrogen and oxygen atoms in total. The molecule has 0 spiro atoms. The van der Waals surface area contributed by atoms with Crippen molar-refractivity contribution in [2.45, 2.75) is 44.1 Å². The van der Waals surface area contributed by atoms with Gasteiger partial charge >= 0.3 is 6.18 Å². The Bertz CT molecular complexity index is 550. The Morgan fingerprint density at radius 2 is 2.05 bits per heavy atom. The second-order valence-electron chi connectivity index (χ2n) is 5.95. The van der Waals surface area contributed by atoms with E-state index in [4.69, 9.17) is 9.47 Å². The van der Waals surface area contributed by atoms with Gasteiger partial charge in [-0.3, -0.25) is 0 Å². The third-order valence-electron chi connectivity index (χ3n) is 3.70. The molecule has 3 rings (SSSR count). The van der Waals surface area contributed by atoms with E-state index in [2.05, 4.69) is 15.6 Å². The fraction of sp³-hybridized carbons (Fsp3) is 0.643. The van der Waals surface area contributed by atoms with Crippen LogP contribution in [0.15, 0.2) is 18.2 Å². The molecule has 2 aliphatic heterocycles. The number of fused-ring (bicyclic) bond motifs is 1. The first-order chi connectivity index (χ1) is 10.2. The van der Waals surface area contributed by atoms with Crippen LogP contribution >= 0.6 is 0 Å². The zero-order valence-electron chi connectivity index (χ0n) is 12.3. The van der Waals surface area contributed by atoms with Gasteiger partial charge in [0.15, 0.2) is 5.79 Å².